The summed E-state index contributed by atoms with van der Waals surface area (Å²) in [5.41, 5.74) is 4.43. The van der Waals surface area contributed by atoms with Gasteiger partial charge < -0.3 is 26.2 Å². The van der Waals surface area contributed by atoms with Gasteiger partial charge in [0.15, 0.2) is 0 Å². The molecule has 3 aromatic rings. The zero-order valence-corrected chi connectivity index (χ0v) is 16.0. The Kier molecular flexibility index (Phi) is 5.62. The Morgan fingerprint density at radius 3 is 1.09 bits per heavy atom. The van der Waals surface area contributed by atoms with Crippen LogP contribution in [0.2, 0.25) is 0 Å². The standard InChI is InChI=1S/C22H14FNO8/c23-15-7-16(9-1-11(19(25)26)5-12(2-9)20(27)28)18(24)17(8-15)10-3-13(21(29)30)6-14(4-10)22(31)32/h1-8H,24H2,(H,25,26)(H,27,28)(H,29,30)(H,31,32). The molecule has 3 rings (SSSR count). The highest BCUT2D eigenvalue weighted by Gasteiger charge is 2.19. The maximum absolute atomic E-state index is 14.5. The van der Waals surface area contributed by atoms with Crippen LogP contribution in [0.4, 0.5) is 10.1 Å². The lowest BCUT2D eigenvalue weighted by atomic mass is 9.92. The highest BCUT2D eigenvalue weighted by Crippen LogP contribution is 2.37. The van der Waals surface area contributed by atoms with Crippen molar-refractivity contribution in [1.29, 1.82) is 0 Å². The summed E-state index contributed by atoms with van der Waals surface area (Å²) in [5, 5.41) is 37.1. The van der Waals surface area contributed by atoms with Crippen LogP contribution in [0.5, 0.6) is 0 Å². The molecule has 32 heavy (non-hydrogen) atoms. The predicted octanol–water partition coefficient (Wildman–Crippen LogP) is 3.53. The van der Waals surface area contributed by atoms with E-state index < -0.39 is 29.7 Å². The summed E-state index contributed by atoms with van der Waals surface area (Å²) in [7, 11) is 0. The molecule has 3 aromatic carbocycles. The molecule has 0 aliphatic heterocycles. The molecule has 0 aliphatic carbocycles. The van der Waals surface area contributed by atoms with Gasteiger partial charge in [0.05, 0.1) is 22.3 Å². The molecular formula is C22H14FNO8. The Hall–Kier alpha value is -4.73. The number of rotatable bonds is 6. The summed E-state index contributed by atoms with van der Waals surface area (Å²) >= 11 is 0. The van der Waals surface area contributed by atoms with Gasteiger partial charge in [-0.25, -0.2) is 23.6 Å². The Bertz CT molecular complexity index is 1150. The van der Waals surface area contributed by atoms with Crippen molar-refractivity contribution in [1.82, 2.24) is 0 Å². The molecule has 0 fully saturated rings. The van der Waals surface area contributed by atoms with E-state index in [-0.39, 0.29) is 50.2 Å². The second kappa shape index (κ2) is 8.19. The van der Waals surface area contributed by atoms with Crippen molar-refractivity contribution in [2.75, 3.05) is 5.73 Å². The normalized spacial score (nSPS) is 10.5. The van der Waals surface area contributed by atoms with E-state index in [1.165, 1.54) is 0 Å². The van der Waals surface area contributed by atoms with Crippen molar-refractivity contribution < 1.29 is 44.0 Å². The fraction of sp³-hybridized carbons (Fsp3) is 0. The van der Waals surface area contributed by atoms with Gasteiger partial charge in [0.1, 0.15) is 5.82 Å². The van der Waals surface area contributed by atoms with Gasteiger partial charge in [-0.15, -0.1) is 0 Å². The van der Waals surface area contributed by atoms with Gasteiger partial charge in [0.25, 0.3) is 0 Å². The minimum Gasteiger partial charge on any atom is -0.478 e. The highest BCUT2D eigenvalue weighted by molar-refractivity contribution is 6.00. The lowest BCUT2D eigenvalue weighted by Crippen LogP contribution is -2.05. The molecule has 9 nitrogen and oxygen atoms in total. The summed E-state index contributed by atoms with van der Waals surface area (Å²) < 4.78 is 14.5. The zero-order valence-electron chi connectivity index (χ0n) is 16.0. The van der Waals surface area contributed by atoms with Crippen LogP contribution < -0.4 is 5.73 Å². The van der Waals surface area contributed by atoms with E-state index in [9.17, 15) is 44.0 Å². The lowest BCUT2D eigenvalue weighted by molar-refractivity contribution is 0.0676. The second-order valence-electron chi connectivity index (χ2n) is 6.73. The molecule has 162 valence electrons. The maximum atomic E-state index is 14.5. The molecule has 10 heteroatoms. The highest BCUT2D eigenvalue weighted by atomic mass is 19.1. The summed E-state index contributed by atoms with van der Waals surface area (Å²) in [6.07, 6.45) is 0. The van der Waals surface area contributed by atoms with E-state index in [1.54, 1.807) is 0 Å². The molecule has 6 N–H and O–H groups in total. The van der Waals surface area contributed by atoms with Crippen LogP contribution in [0, 0.1) is 5.82 Å². The quantitative estimate of drug-likeness (QED) is 0.360. The van der Waals surface area contributed by atoms with Crippen LogP contribution in [0.15, 0.2) is 48.5 Å². The molecule has 0 saturated heterocycles. The van der Waals surface area contributed by atoms with Gasteiger partial charge >= 0.3 is 23.9 Å². The molecule has 0 aliphatic rings. The number of aromatic carboxylic acids is 4. The van der Waals surface area contributed by atoms with Crippen LogP contribution in [0.3, 0.4) is 0 Å². The number of anilines is 1. The largest absolute Gasteiger partial charge is 0.478 e. The number of carboxylic acids is 4. The average Bonchev–Trinajstić information content (AvgIpc) is 2.74. The number of carboxylic acid groups (broad SMARTS) is 4. The molecule has 0 unspecified atom stereocenters. The number of hydrogen-bond donors (Lipinski definition) is 5. The molecule has 0 bridgehead atoms. The fourth-order valence-corrected chi connectivity index (χ4v) is 3.16. The monoisotopic (exact) mass is 439 g/mol. The SMILES string of the molecule is Nc1c(-c2cc(C(=O)O)cc(C(=O)O)c2)cc(F)cc1-c1cc(C(=O)O)cc(C(=O)O)c1. The first-order valence-electron chi connectivity index (χ1n) is 8.81. The third kappa shape index (κ3) is 4.24. The van der Waals surface area contributed by atoms with E-state index >= 15 is 0 Å². The Balaban J connectivity index is 2.31. The maximum Gasteiger partial charge on any atom is 0.335 e. The van der Waals surface area contributed by atoms with Gasteiger partial charge in [0, 0.05) is 16.8 Å². The van der Waals surface area contributed by atoms with Crippen molar-refractivity contribution in [3.63, 3.8) is 0 Å². The number of nitrogens with two attached hydrogens (primary N) is 1. The third-order valence-electron chi connectivity index (χ3n) is 4.62. The van der Waals surface area contributed by atoms with Gasteiger partial charge in [-0.2, -0.15) is 0 Å². The number of hydrogen-bond acceptors (Lipinski definition) is 5. The van der Waals surface area contributed by atoms with Crippen LogP contribution >= 0.6 is 0 Å². The van der Waals surface area contributed by atoms with Crippen molar-refractivity contribution in [3.05, 3.63) is 76.6 Å². The van der Waals surface area contributed by atoms with E-state index in [1.807, 2.05) is 0 Å². The van der Waals surface area contributed by atoms with Crippen molar-refractivity contribution in [3.8, 4) is 22.3 Å². The van der Waals surface area contributed by atoms with E-state index in [0.29, 0.717) is 0 Å². The third-order valence-corrected chi connectivity index (χ3v) is 4.62. The average molecular weight is 439 g/mol. The molecule has 0 atom stereocenters. The number of halogens is 1. The summed E-state index contributed by atoms with van der Waals surface area (Å²) in [6, 6.07) is 8.23. The second-order valence-corrected chi connectivity index (χ2v) is 6.73. The summed E-state index contributed by atoms with van der Waals surface area (Å²) in [6.45, 7) is 0. The topological polar surface area (TPSA) is 175 Å². The molecule has 0 heterocycles. The number of benzene rings is 3. The minimum absolute atomic E-state index is 0.00611. The van der Waals surface area contributed by atoms with E-state index in [0.717, 1.165) is 48.5 Å². The van der Waals surface area contributed by atoms with Gasteiger partial charge in [-0.3, -0.25) is 0 Å². The fourth-order valence-electron chi connectivity index (χ4n) is 3.16. The zero-order chi connectivity index (χ0) is 23.7. The molecular weight excluding hydrogens is 425 g/mol. The van der Waals surface area contributed by atoms with Crippen molar-refractivity contribution in [2.24, 2.45) is 0 Å². The van der Waals surface area contributed by atoms with Gasteiger partial charge in [0.2, 0.25) is 0 Å². The molecule has 0 saturated carbocycles. The van der Waals surface area contributed by atoms with Crippen LogP contribution in [-0.4, -0.2) is 44.3 Å². The first-order valence-corrected chi connectivity index (χ1v) is 8.81. The molecule has 0 aromatic heterocycles. The Labute approximate surface area is 178 Å². The van der Waals surface area contributed by atoms with Crippen LogP contribution in [0.25, 0.3) is 22.3 Å². The first kappa shape index (κ1) is 22.0. The van der Waals surface area contributed by atoms with Gasteiger partial charge in [-0.1, -0.05) is 0 Å². The van der Waals surface area contributed by atoms with E-state index in [2.05, 4.69) is 0 Å². The Morgan fingerprint density at radius 2 is 0.844 bits per heavy atom. The summed E-state index contributed by atoms with van der Waals surface area (Å²) in [4.78, 5) is 45.6. The molecule has 0 radical (unpaired) electrons. The van der Waals surface area contributed by atoms with Crippen LogP contribution in [-0.2, 0) is 0 Å². The van der Waals surface area contributed by atoms with Crippen molar-refractivity contribution >= 4 is 29.6 Å². The Morgan fingerprint density at radius 1 is 0.562 bits per heavy atom. The molecule has 0 amide bonds. The van der Waals surface area contributed by atoms with Gasteiger partial charge in [-0.05, 0) is 59.7 Å². The smallest absolute Gasteiger partial charge is 0.335 e. The van der Waals surface area contributed by atoms with E-state index in [4.69, 9.17) is 5.73 Å². The molecule has 0 spiro atoms. The number of carbonyl (C=O) groups is 4. The lowest BCUT2D eigenvalue weighted by Gasteiger charge is -2.14. The minimum atomic E-state index is -1.41. The van der Waals surface area contributed by atoms with Crippen molar-refractivity contribution in [2.45, 2.75) is 0 Å². The summed E-state index contributed by atoms with van der Waals surface area (Å²) in [5.74, 6) is -6.50. The number of nitrogen functional groups attached to an aromatic ring is 1. The first-order chi connectivity index (χ1) is 15.0. The van der Waals surface area contributed by atoms with Crippen LogP contribution in [0.1, 0.15) is 41.4 Å². The predicted molar refractivity (Wildman–Crippen MR) is 110 cm³/mol.